The molecule has 0 saturated carbocycles. The van der Waals surface area contributed by atoms with Crippen LogP contribution in [0.25, 0.3) is 0 Å². The second kappa shape index (κ2) is 5.90. The Morgan fingerprint density at radius 1 is 1.40 bits per heavy atom. The Kier molecular flexibility index (Phi) is 4.41. The van der Waals surface area contributed by atoms with E-state index >= 15 is 0 Å². The van der Waals surface area contributed by atoms with Crippen molar-refractivity contribution >= 4 is 26.5 Å². The molecule has 7 nitrogen and oxygen atoms in total. The highest BCUT2D eigenvalue weighted by Crippen LogP contribution is 2.22. The van der Waals surface area contributed by atoms with E-state index in [4.69, 9.17) is 9.52 Å². The minimum absolute atomic E-state index is 0.183. The molecule has 0 amide bonds. The highest BCUT2D eigenvalue weighted by atomic mass is 32.2. The zero-order valence-corrected chi connectivity index (χ0v) is 12.7. The summed E-state index contributed by atoms with van der Waals surface area (Å²) in [5.74, 6) is 0.604. The van der Waals surface area contributed by atoms with Crippen molar-refractivity contribution < 1.29 is 17.9 Å². The lowest BCUT2D eigenvalue weighted by atomic mass is 10.1. The number of rotatable bonds is 6. The molecule has 0 fully saturated rings. The zero-order chi connectivity index (χ0) is 14.8. The lowest BCUT2D eigenvalue weighted by Gasteiger charge is -2.00. The van der Waals surface area contributed by atoms with Crippen LogP contribution in [0.2, 0.25) is 0 Å². The largest absolute Gasteiger partial charge is 0.445 e. The first kappa shape index (κ1) is 14.9. The summed E-state index contributed by atoms with van der Waals surface area (Å²) in [5.41, 5.74) is 0. The van der Waals surface area contributed by atoms with Crippen LogP contribution in [0.3, 0.4) is 0 Å². The first-order valence-electron chi connectivity index (χ1n) is 5.95. The highest BCUT2D eigenvalue weighted by molar-refractivity contribution is 7.92. The molecule has 0 saturated heterocycles. The second-order valence-corrected chi connectivity index (χ2v) is 7.26. The summed E-state index contributed by atoms with van der Waals surface area (Å²) in [5, 5.41) is 17.3. The Balaban J connectivity index is 2.13. The molecule has 2 heterocycles. The van der Waals surface area contributed by atoms with Crippen molar-refractivity contribution in [2.24, 2.45) is 5.92 Å². The number of hydrogen-bond acceptors (Lipinski definition) is 7. The number of aliphatic hydroxyl groups excluding tert-OH is 1. The fraction of sp³-hybridized carbons (Fsp3) is 0.455. The average Bonchev–Trinajstić information content (AvgIpc) is 2.97. The normalized spacial score (nSPS) is 12.0. The van der Waals surface area contributed by atoms with Gasteiger partial charge < -0.3 is 9.52 Å². The highest BCUT2D eigenvalue weighted by Gasteiger charge is 2.21. The number of aliphatic hydroxyl groups is 1. The van der Waals surface area contributed by atoms with Crippen molar-refractivity contribution in [1.82, 2.24) is 10.2 Å². The van der Waals surface area contributed by atoms with Gasteiger partial charge in [0, 0.05) is 6.42 Å². The topological polar surface area (TPSA) is 105 Å². The maximum atomic E-state index is 12.0. The molecule has 2 rings (SSSR count). The molecule has 0 atom stereocenters. The third-order valence-corrected chi connectivity index (χ3v) is 4.53. The number of aromatic nitrogens is 2. The Labute approximate surface area is 120 Å². The van der Waals surface area contributed by atoms with Gasteiger partial charge in [0.15, 0.2) is 0 Å². The minimum Gasteiger partial charge on any atom is -0.445 e. The first-order chi connectivity index (χ1) is 9.40. The maximum absolute atomic E-state index is 12.0. The third kappa shape index (κ3) is 3.56. The van der Waals surface area contributed by atoms with Crippen LogP contribution in [0.1, 0.15) is 24.6 Å². The van der Waals surface area contributed by atoms with Crippen LogP contribution in [0.15, 0.2) is 21.6 Å². The molecule has 110 valence electrons. The maximum Gasteiger partial charge on any atom is 0.297 e. The molecule has 0 aromatic carbocycles. The van der Waals surface area contributed by atoms with Gasteiger partial charge >= 0.3 is 0 Å². The van der Waals surface area contributed by atoms with E-state index in [2.05, 4.69) is 14.9 Å². The van der Waals surface area contributed by atoms with Crippen LogP contribution < -0.4 is 4.72 Å². The summed E-state index contributed by atoms with van der Waals surface area (Å²) in [6.07, 6.45) is 0.745. The average molecular weight is 317 g/mol. The summed E-state index contributed by atoms with van der Waals surface area (Å²) in [6, 6.07) is 2.68. The van der Waals surface area contributed by atoms with Gasteiger partial charge in [-0.1, -0.05) is 25.2 Å². The van der Waals surface area contributed by atoms with Crippen molar-refractivity contribution in [3.05, 3.63) is 22.9 Å². The van der Waals surface area contributed by atoms with E-state index in [-0.39, 0.29) is 22.6 Å². The van der Waals surface area contributed by atoms with Gasteiger partial charge in [0.25, 0.3) is 10.0 Å². The summed E-state index contributed by atoms with van der Waals surface area (Å²) >= 11 is 1.19. The van der Waals surface area contributed by atoms with Crippen LogP contribution >= 0.6 is 11.3 Å². The third-order valence-electron chi connectivity index (χ3n) is 2.33. The number of furan rings is 1. The van der Waals surface area contributed by atoms with Crippen LogP contribution in [-0.4, -0.2) is 23.7 Å². The van der Waals surface area contributed by atoms with E-state index in [0.29, 0.717) is 5.92 Å². The van der Waals surface area contributed by atoms with Crippen LogP contribution in [0, 0.1) is 5.92 Å². The molecule has 2 aromatic rings. The lowest BCUT2D eigenvalue weighted by Crippen LogP contribution is -2.11. The van der Waals surface area contributed by atoms with Crippen LogP contribution in [-0.2, 0) is 23.1 Å². The number of anilines is 1. The van der Waals surface area contributed by atoms with Crippen molar-refractivity contribution in [3.8, 4) is 0 Å². The van der Waals surface area contributed by atoms with E-state index in [1.54, 1.807) is 0 Å². The molecule has 2 N–H and O–H groups in total. The predicted octanol–water partition coefficient (Wildman–Crippen LogP) is 1.62. The molecule has 0 aliphatic carbocycles. The molecule has 0 spiro atoms. The summed E-state index contributed by atoms with van der Waals surface area (Å²) in [7, 11) is -3.84. The van der Waals surface area contributed by atoms with Crippen molar-refractivity contribution in [3.63, 3.8) is 0 Å². The Morgan fingerprint density at radius 3 is 2.75 bits per heavy atom. The van der Waals surface area contributed by atoms with Gasteiger partial charge in [0.1, 0.15) is 17.4 Å². The minimum atomic E-state index is -3.84. The van der Waals surface area contributed by atoms with E-state index in [1.165, 1.54) is 23.5 Å². The van der Waals surface area contributed by atoms with Crippen molar-refractivity contribution in [2.45, 2.75) is 32.0 Å². The van der Waals surface area contributed by atoms with Crippen molar-refractivity contribution in [2.75, 3.05) is 4.72 Å². The van der Waals surface area contributed by atoms with E-state index in [0.717, 1.165) is 11.4 Å². The fourth-order valence-electron chi connectivity index (χ4n) is 1.48. The van der Waals surface area contributed by atoms with Gasteiger partial charge in [-0.3, -0.25) is 4.72 Å². The molecule has 0 unspecified atom stereocenters. The molecular formula is C11H15N3O4S2. The number of hydrogen-bond donors (Lipinski definition) is 2. The van der Waals surface area contributed by atoms with Gasteiger partial charge in [-0.15, -0.1) is 10.2 Å². The van der Waals surface area contributed by atoms with Gasteiger partial charge in [0.05, 0.1) is 0 Å². The molecule has 0 bridgehead atoms. The van der Waals surface area contributed by atoms with Crippen LogP contribution in [0.4, 0.5) is 5.13 Å². The van der Waals surface area contributed by atoms with Gasteiger partial charge in [0.2, 0.25) is 10.2 Å². The molecule has 20 heavy (non-hydrogen) atoms. The van der Waals surface area contributed by atoms with Gasteiger partial charge in [-0.25, -0.2) is 0 Å². The lowest BCUT2D eigenvalue weighted by molar-refractivity contribution is 0.236. The summed E-state index contributed by atoms with van der Waals surface area (Å²) in [4.78, 5) is 0. The Morgan fingerprint density at radius 2 is 2.15 bits per heavy atom. The predicted molar refractivity (Wildman–Crippen MR) is 73.9 cm³/mol. The molecular weight excluding hydrogens is 302 g/mol. The molecule has 0 aliphatic heterocycles. The van der Waals surface area contributed by atoms with Crippen LogP contribution in [0.5, 0.6) is 0 Å². The number of nitrogens with one attached hydrogen (secondary N) is 1. The summed E-state index contributed by atoms with van der Waals surface area (Å²) < 4.78 is 31.3. The molecule has 0 radical (unpaired) electrons. The van der Waals surface area contributed by atoms with E-state index in [1.807, 2.05) is 13.8 Å². The van der Waals surface area contributed by atoms with Gasteiger partial charge in [-0.2, -0.15) is 8.42 Å². The molecule has 0 aliphatic rings. The number of sulfonamides is 1. The molecule has 9 heteroatoms. The van der Waals surface area contributed by atoms with Gasteiger partial charge in [-0.05, 0) is 18.1 Å². The monoisotopic (exact) mass is 317 g/mol. The summed E-state index contributed by atoms with van der Waals surface area (Å²) in [6.45, 7) is 3.74. The van der Waals surface area contributed by atoms with E-state index in [9.17, 15) is 8.42 Å². The molecule has 2 aromatic heterocycles. The van der Waals surface area contributed by atoms with E-state index < -0.39 is 10.0 Å². The smallest absolute Gasteiger partial charge is 0.297 e. The van der Waals surface area contributed by atoms with Crippen molar-refractivity contribution in [1.29, 1.82) is 0 Å². The Hall–Kier alpha value is -1.45. The second-order valence-electron chi connectivity index (χ2n) is 4.58. The SMILES string of the molecule is CC(C)Cc1nnc(NS(=O)(=O)c2ccc(CO)o2)s1. The quantitative estimate of drug-likeness (QED) is 0.838. The number of nitrogens with zero attached hydrogens (tertiary/aromatic N) is 2. The Bertz CT molecular complexity index is 675. The standard InChI is InChI=1S/C11H15N3O4S2/c1-7(2)5-9-12-13-11(19-9)14-20(16,17)10-4-3-8(6-15)18-10/h3-4,7,15H,5-6H2,1-2H3,(H,13,14). The fourth-order valence-corrected chi connectivity index (χ4v) is 3.61. The zero-order valence-electron chi connectivity index (χ0n) is 11.0. The first-order valence-corrected chi connectivity index (χ1v) is 8.25.